The highest BCUT2D eigenvalue weighted by Crippen LogP contribution is 2.27. The van der Waals surface area contributed by atoms with Crippen LogP contribution in [0.3, 0.4) is 0 Å². The molecule has 1 aliphatic rings. The van der Waals surface area contributed by atoms with Crippen molar-refractivity contribution < 1.29 is 9.53 Å². The van der Waals surface area contributed by atoms with Gasteiger partial charge in [-0.3, -0.25) is 9.48 Å². The average Bonchev–Trinajstić information content (AvgIpc) is 3.02. The van der Waals surface area contributed by atoms with Crippen LogP contribution in [0.4, 0.5) is 5.69 Å². The molecule has 0 N–H and O–H groups in total. The molecule has 0 radical (unpaired) electrons. The number of benzene rings is 1. The summed E-state index contributed by atoms with van der Waals surface area (Å²) in [7, 11) is 1.81. The Morgan fingerprint density at radius 1 is 1.42 bits per heavy atom. The first-order valence-corrected chi connectivity index (χ1v) is 6.24. The Kier molecular flexibility index (Phi) is 2.95. The molecule has 1 aliphatic heterocycles. The quantitative estimate of drug-likeness (QED) is 0.834. The van der Waals surface area contributed by atoms with Gasteiger partial charge in [-0.25, -0.2) is 0 Å². The van der Waals surface area contributed by atoms with Crippen LogP contribution in [0.1, 0.15) is 5.56 Å². The van der Waals surface area contributed by atoms with Gasteiger partial charge in [-0.1, -0.05) is 18.2 Å². The van der Waals surface area contributed by atoms with Gasteiger partial charge < -0.3 is 9.64 Å². The third-order valence-corrected chi connectivity index (χ3v) is 3.23. The first-order valence-electron chi connectivity index (χ1n) is 6.24. The molecular weight excluding hydrogens is 242 g/mol. The molecule has 2 aromatic rings. The van der Waals surface area contributed by atoms with Crippen molar-refractivity contribution in [3.8, 4) is 5.75 Å². The molecule has 0 atom stereocenters. The van der Waals surface area contributed by atoms with Crippen molar-refractivity contribution in [1.29, 1.82) is 0 Å². The standard InChI is InChI=1S/C14H15N3O2/c1-16-9-12(8-15-16)19-10-14(18)17-7-6-11-4-2-3-5-13(11)17/h2-5,8-9H,6-7,10H2,1H3. The molecule has 5 heteroatoms. The first kappa shape index (κ1) is 11.8. The number of aromatic nitrogens is 2. The molecule has 2 heterocycles. The number of rotatable bonds is 3. The minimum atomic E-state index is -0.0196. The highest BCUT2D eigenvalue weighted by molar-refractivity contribution is 5.96. The summed E-state index contributed by atoms with van der Waals surface area (Å²) in [5.74, 6) is 0.595. The Hall–Kier alpha value is -2.30. The van der Waals surface area contributed by atoms with E-state index in [9.17, 15) is 4.79 Å². The second kappa shape index (κ2) is 4.76. The van der Waals surface area contributed by atoms with Gasteiger partial charge in [0.05, 0.1) is 12.4 Å². The predicted octanol–water partition coefficient (Wildman–Crippen LogP) is 1.39. The lowest BCUT2D eigenvalue weighted by Gasteiger charge is -2.17. The Balaban J connectivity index is 1.66. The van der Waals surface area contributed by atoms with Crippen LogP contribution in [0.25, 0.3) is 0 Å². The lowest BCUT2D eigenvalue weighted by atomic mass is 10.2. The first-order chi connectivity index (χ1) is 9.24. The van der Waals surface area contributed by atoms with E-state index in [1.807, 2.05) is 25.2 Å². The van der Waals surface area contributed by atoms with E-state index in [0.29, 0.717) is 5.75 Å². The molecule has 0 bridgehead atoms. The Bertz CT molecular complexity index is 606. The molecule has 98 valence electrons. The second-order valence-electron chi connectivity index (χ2n) is 4.56. The number of anilines is 1. The van der Waals surface area contributed by atoms with Crippen LogP contribution in [0, 0.1) is 0 Å². The number of carbonyl (C=O) groups is 1. The van der Waals surface area contributed by atoms with Crippen LogP contribution in [0.5, 0.6) is 5.75 Å². The lowest BCUT2D eigenvalue weighted by molar-refractivity contribution is -0.120. The molecular formula is C14H15N3O2. The van der Waals surface area contributed by atoms with Crippen LogP contribution in [0.15, 0.2) is 36.7 Å². The number of hydrogen-bond acceptors (Lipinski definition) is 3. The van der Waals surface area contributed by atoms with Crippen molar-refractivity contribution in [2.45, 2.75) is 6.42 Å². The summed E-state index contributed by atoms with van der Waals surface area (Å²) in [4.78, 5) is 13.9. The zero-order valence-electron chi connectivity index (χ0n) is 10.7. The Morgan fingerprint density at radius 3 is 3.05 bits per heavy atom. The molecule has 0 saturated heterocycles. The topological polar surface area (TPSA) is 47.4 Å². The van der Waals surface area contributed by atoms with E-state index in [2.05, 4.69) is 11.2 Å². The smallest absolute Gasteiger partial charge is 0.264 e. The van der Waals surface area contributed by atoms with Gasteiger partial charge in [-0.05, 0) is 18.1 Å². The number of fused-ring (bicyclic) bond motifs is 1. The number of hydrogen-bond donors (Lipinski definition) is 0. The number of ether oxygens (including phenoxy) is 1. The van der Waals surface area contributed by atoms with E-state index in [1.54, 1.807) is 22.0 Å². The lowest BCUT2D eigenvalue weighted by Crippen LogP contribution is -2.33. The summed E-state index contributed by atoms with van der Waals surface area (Å²) >= 11 is 0. The molecule has 1 aromatic carbocycles. The van der Waals surface area contributed by atoms with Crippen LogP contribution in [0.2, 0.25) is 0 Å². The van der Waals surface area contributed by atoms with Gasteiger partial charge >= 0.3 is 0 Å². The highest BCUT2D eigenvalue weighted by atomic mass is 16.5. The van der Waals surface area contributed by atoms with Crippen LogP contribution in [-0.4, -0.2) is 28.8 Å². The van der Waals surface area contributed by atoms with E-state index in [4.69, 9.17) is 4.74 Å². The van der Waals surface area contributed by atoms with Crippen LogP contribution in [-0.2, 0) is 18.3 Å². The van der Waals surface area contributed by atoms with E-state index in [0.717, 1.165) is 18.7 Å². The molecule has 3 rings (SSSR count). The number of nitrogens with zero attached hydrogens (tertiary/aromatic N) is 3. The summed E-state index contributed by atoms with van der Waals surface area (Å²) < 4.78 is 7.09. The summed E-state index contributed by atoms with van der Waals surface area (Å²) in [5.41, 5.74) is 2.22. The number of aryl methyl sites for hydroxylation is 1. The van der Waals surface area contributed by atoms with Crippen molar-refractivity contribution in [3.63, 3.8) is 0 Å². The van der Waals surface area contributed by atoms with Gasteiger partial charge in [0.2, 0.25) is 0 Å². The monoisotopic (exact) mass is 257 g/mol. The van der Waals surface area contributed by atoms with Gasteiger partial charge in [0, 0.05) is 19.3 Å². The zero-order valence-corrected chi connectivity index (χ0v) is 10.7. The van der Waals surface area contributed by atoms with Crippen molar-refractivity contribution in [1.82, 2.24) is 9.78 Å². The summed E-state index contributed by atoms with van der Waals surface area (Å²) in [6.07, 6.45) is 4.26. The molecule has 0 unspecified atom stereocenters. The summed E-state index contributed by atoms with van der Waals surface area (Å²) in [6, 6.07) is 7.99. The largest absolute Gasteiger partial charge is 0.480 e. The van der Waals surface area contributed by atoms with Gasteiger partial charge in [0.1, 0.15) is 0 Å². The zero-order chi connectivity index (χ0) is 13.2. The minimum absolute atomic E-state index is 0.0196. The molecule has 19 heavy (non-hydrogen) atoms. The van der Waals surface area contributed by atoms with Gasteiger partial charge in [0.25, 0.3) is 5.91 Å². The number of amides is 1. The second-order valence-corrected chi connectivity index (χ2v) is 4.56. The SMILES string of the molecule is Cn1cc(OCC(=O)N2CCc3ccccc32)cn1. The maximum absolute atomic E-state index is 12.2. The van der Waals surface area contributed by atoms with Crippen LogP contribution >= 0.6 is 0 Å². The van der Waals surface area contributed by atoms with Gasteiger partial charge in [-0.15, -0.1) is 0 Å². The average molecular weight is 257 g/mol. The van der Waals surface area contributed by atoms with Crippen molar-refractivity contribution in [2.24, 2.45) is 7.05 Å². The van der Waals surface area contributed by atoms with Crippen molar-refractivity contribution >= 4 is 11.6 Å². The fraction of sp³-hybridized carbons (Fsp3) is 0.286. The number of para-hydroxylation sites is 1. The third-order valence-electron chi connectivity index (χ3n) is 3.23. The van der Waals surface area contributed by atoms with Crippen molar-refractivity contribution in [2.75, 3.05) is 18.1 Å². The third kappa shape index (κ3) is 2.31. The fourth-order valence-electron chi connectivity index (χ4n) is 2.29. The van der Waals surface area contributed by atoms with Gasteiger partial charge in [0.15, 0.2) is 12.4 Å². The van der Waals surface area contributed by atoms with Gasteiger partial charge in [-0.2, -0.15) is 5.10 Å². The molecule has 0 saturated carbocycles. The van der Waals surface area contributed by atoms with E-state index >= 15 is 0 Å². The van der Waals surface area contributed by atoms with E-state index < -0.39 is 0 Å². The minimum Gasteiger partial charge on any atom is -0.480 e. The summed E-state index contributed by atoms with van der Waals surface area (Å²) in [6.45, 7) is 0.772. The highest BCUT2D eigenvalue weighted by Gasteiger charge is 2.24. The molecule has 1 amide bonds. The van der Waals surface area contributed by atoms with Crippen molar-refractivity contribution in [3.05, 3.63) is 42.2 Å². The fourth-order valence-corrected chi connectivity index (χ4v) is 2.29. The maximum Gasteiger partial charge on any atom is 0.264 e. The molecule has 0 spiro atoms. The normalized spacial score (nSPS) is 13.4. The summed E-state index contributed by atoms with van der Waals surface area (Å²) in [5, 5.41) is 3.99. The Labute approximate surface area is 111 Å². The van der Waals surface area contributed by atoms with Crippen LogP contribution < -0.4 is 9.64 Å². The molecule has 0 fully saturated rings. The van der Waals surface area contributed by atoms with E-state index in [-0.39, 0.29) is 12.5 Å². The predicted molar refractivity (Wildman–Crippen MR) is 71.2 cm³/mol. The maximum atomic E-state index is 12.2. The Morgan fingerprint density at radius 2 is 2.26 bits per heavy atom. The molecule has 1 aromatic heterocycles. The van der Waals surface area contributed by atoms with E-state index in [1.165, 1.54) is 5.56 Å². The number of carbonyl (C=O) groups excluding carboxylic acids is 1. The molecule has 5 nitrogen and oxygen atoms in total. The molecule has 0 aliphatic carbocycles.